The largest absolute Gasteiger partial charge is 0.394 e. The maximum absolute atomic E-state index is 14.1. The van der Waals surface area contributed by atoms with Crippen molar-refractivity contribution < 1.29 is 18.6 Å². The maximum atomic E-state index is 14.1. The van der Waals surface area contributed by atoms with Crippen LogP contribution in [0.15, 0.2) is 6.07 Å². The quantitative estimate of drug-likeness (QED) is 0.887. The molecule has 21 heavy (non-hydrogen) atoms. The van der Waals surface area contributed by atoms with Gasteiger partial charge >= 0.3 is 0 Å². The van der Waals surface area contributed by atoms with Gasteiger partial charge in [-0.15, -0.1) is 0 Å². The first-order chi connectivity index (χ1) is 9.86. The molecule has 1 aromatic heterocycles. The van der Waals surface area contributed by atoms with Gasteiger partial charge in [0.1, 0.15) is 0 Å². The van der Waals surface area contributed by atoms with Gasteiger partial charge in [-0.2, -0.15) is 0 Å². The molecule has 0 aromatic carbocycles. The average Bonchev–Trinajstić information content (AvgIpc) is 2.40. The third-order valence-corrected chi connectivity index (χ3v) is 3.24. The first-order valence-electron chi connectivity index (χ1n) is 7.00. The van der Waals surface area contributed by atoms with E-state index in [1.165, 1.54) is 0 Å². The molecule has 1 aromatic rings. The fraction of sp³-hybridized carbons (Fsp3) is 0.643. The Hall–Kier alpha value is -1.47. The van der Waals surface area contributed by atoms with Crippen molar-refractivity contribution in [2.75, 3.05) is 36.5 Å². The number of ether oxygens (including phenoxy) is 1. The minimum atomic E-state index is -0.719. The van der Waals surface area contributed by atoms with Crippen LogP contribution in [0, 0.1) is 11.6 Å². The van der Waals surface area contributed by atoms with E-state index in [-0.39, 0.29) is 18.2 Å². The van der Waals surface area contributed by atoms with Crippen LogP contribution < -0.4 is 10.2 Å². The molecule has 0 saturated carbocycles. The SMILES string of the molecule is CCNc1nc(N2CC(CO)OC(C)(C)C2)c(F)cc1F. The second-order valence-corrected chi connectivity index (χ2v) is 5.72. The molecular weight excluding hydrogens is 280 g/mol. The third-order valence-electron chi connectivity index (χ3n) is 3.24. The van der Waals surface area contributed by atoms with Gasteiger partial charge < -0.3 is 20.1 Å². The molecule has 0 aliphatic carbocycles. The zero-order valence-electron chi connectivity index (χ0n) is 12.5. The molecule has 7 heteroatoms. The predicted molar refractivity (Wildman–Crippen MR) is 76.6 cm³/mol. The van der Waals surface area contributed by atoms with Crippen molar-refractivity contribution in [3.63, 3.8) is 0 Å². The Morgan fingerprint density at radius 2 is 2.19 bits per heavy atom. The molecule has 1 aliphatic rings. The Labute approximate surface area is 122 Å². The summed E-state index contributed by atoms with van der Waals surface area (Å²) >= 11 is 0. The highest BCUT2D eigenvalue weighted by molar-refractivity contribution is 5.50. The summed E-state index contributed by atoms with van der Waals surface area (Å²) in [6, 6.07) is 0.830. The summed E-state index contributed by atoms with van der Waals surface area (Å²) in [5.74, 6) is -1.34. The van der Waals surface area contributed by atoms with Gasteiger partial charge in [-0.25, -0.2) is 13.8 Å². The minimum absolute atomic E-state index is 0.0266. The smallest absolute Gasteiger partial charge is 0.168 e. The second-order valence-electron chi connectivity index (χ2n) is 5.72. The summed E-state index contributed by atoms with van der Waals surface area (Å²) in [4.78, 5) is 5.73. The summed E-state index contributed by atoms with van der Waals surface area (Å²) in [7, 11) is 0. The molecule has 0 spiro atoms. The number of nitrogens with zero attached hydrogens (tertiary/aromatic N) is 2. The second kappa shape index (κ2) is 6.11. The van der Waals surface area contributed by atoms with Crippen LogP contribution in [-0.4, -0.2) is 48.0 Å². The van der Waals surface area contributed by atoms with E-state index < -0.39 is 23.3 Å². The van der Waals surface area contributed by atoms with Gasteiger partial charge in [-0.1, -0.05) is 0 Å². The number of hydrogen-bond acceptors (Lipinski definition) is 5. The van der Waals surface area contributed by atoms with Crippen LogP contribution >= 0.6 is 0 Å². The molecule has 1 aliphatic heterocycles. The van der Waals surface area contributed by atoms with Crippen LogP contribution in [0.3, 0.4) is 0 Å². The molecule has 2 rings (SSSR count). The molecule has 2 N–H and O–H groups in total. The van der Waals surface area contributed by atoms with Gasteiger partial charge in [0, 0.05) is 25.7 Å². The average molecular weight is 301 g/mol. The number of nitrogens with one attached hydrogen (secondary N) is 1. The Morgan fingerprint density at radius 1 is 1.48 bits per heavy atom. The van der Waals surface area contributed by atoms with E-state index in [2.05, 4.69) is 10.3 Å². The van der Waals surface area contributed by atoms with Crippen molar-refractivity contribution in [1.29, 1.82) is 0 Å². The fourth-order valence-corrected chi connectivity index (χ4v) is 2.52. The first kappa shape index (κ1) is 15.9. The lowest BCUT2D eigenvalue weighted by Crippen LogP contribution is -2.54. The molecule has 1 saturated heterocycles. The molecule has 1 atom stereocenters. The number of hydrogen-bond donors (Lipinski definition) is 2. The van der Waals surface area contributed by atoms with E-state index in [0.29, 0.717) is 19.6 Å². The standard InChI is InChI=1S/C14H21F2N3O2/c1-4-17-12-10(15)5-11(16)13(18-12)19-6-9(7-20)21-14(2,3)8-19/h5,9,20H,4,6-8H2,1-3H3,(H,17,18). The summed E-state index contributed by atoms with van der Waals surface area (Å²) in [5, 5.41) is 12.1. The topological polar surface area (TPSA) is 57.6 Å². The Kier molecular flexibility index (Phi) is 4.63. The van der Waals surface area contributed by atoms with Crippen molar-refractivity contribution in [3.05, 3.63) is 17.7 Å². The van der Waals surface area contributed by atoms with E-state index in [0.717, 1.165) is 6.07 Å². The van der Waals surface area contributed by atoms with Gasteiger partial charge in [0.25, 0.3) is 0 Å². The monoisotopic (exact) mass is 301 g/mol. The Balaban J connectivity index is 2.33. The van der Waals surface area contributed by atoms with E-state index in [9.17, 15) is 13.9 Å². The zero-order valence-corrected chi connectivity index (χ0v) is 12.5. The summed E-state index contributed by atoms with van der Waals surface area (Å²) in [6.07, 6.45) is -0.428. The van der Waals surface area contributed by atoms with Gasteiger partial charge in [0.05, 0.1) is 18.3 Å². The number of aromatic nitrogens is 1. The highest BCUT2D eigenvalue weighted by Gasteiger charge is 2.35. The first-order valence-corrected chi connectivity index (χ1v) is 7.00. The molecule has 0 bridgehead atoms. The zero-order chi connectivity index (χ0) is 15.6. The van der Waals surface area contributed by atoms with Gasteiger partial charge in [-0.05, 0) is 20.8 Å². The number of anilines is 2. The highest BCUT2D eigenvalue weighted by atomic mass is 19.1. The third kappa shape index (κ3) is 3.59. The Morgan fingerprint density at radius 3 is 2.81 bits per heavy atom. The predicted octanol–water partition coefficient (Wildman–Crippen LogP) is 1.77. The fourth-order valence-electron chi connectivity index (χ4n) is 2.52. The van der Waals surface area contributed by atoms with E-state index >= 15 is 0 Å². The van der Waals surface area contributed by atoms with Gasteiger partial charge in [0.15, 0.2) is 23.3 Å². The van der Waals surface area contributed by atoms with E-state index in [1.54, 1.807) is 4.90 Å². The van der Waals surface area contributed by atoms with E-state index in [4.69, 9.17) is 4.74 Å². The molecule has 0 amide bonds. The minimum Gasteiger partial charge on any atom is -0.394 e. The van der Waals surface area contributed by atoms with Crippen molar-refractivity contribution in [2.24, 2.45) is 0 Å². The van der Waals surface area contributed by atoms with Crippen molar-refractivity contribution in [3.8, 4) is 0 Å². The number of halogens is 2. The number of aliphatic hydroxyl groups is 1. The Bertz CT molecular complexity index is 511. The number of rotatable bonds is 4. The molecule has 1 fully saturated rings. The summed E-state index contributed by atoms with van der Waals surface area (Å²) in [5.41, 5.74) is -0.549. The summed E-state index contributed by atoms with van der Waals surface area (Å²) < 4.78 is 33.4. The molecule has 1 unspecified atom stereocenters. The van der Waals surface area contributed by atoms with Crippen LogP contribution in [0.4, 0.5) is 20.4 Å². The number of morpholine rings is 1. The number of aliphatic hydroxyl groups excluding tert-OH is 1. The normalized spacial score (nSPS) is 21.4. The lowest BCUT2D eigenvalue weighted by Gasteiger charge is -2.42. The van der Waals surface area contributed by atoms with Crippen LogP contribution in [-0.2, 0) is 4.74 Å². The number of pyridine rings is 1. The van der Waals surface area contributed by atoms with Crippen LogP contribution in [0.5, 0.6) is 0 Å². The molecular formula is C14H21F2N3O2. The van der Waals surface area contributed by atoms with Crippen molar-refractivity contribution in [2.45, 2.75) is 32.5 Å². The van der Waals surface area contributed by atoms with Crippen LogP contribution in [0.1, 0.15) is 20.8 Å². The molecule has 5 nitrogen and oxygen atoms in total. The van der Waals surface area contributed by atoms with E-state index in [1.807, 2.05) is 20.8 Å². The molecule has 0 radical (unpaired) electrons. The van der Waals surface area contributed by atoms with Crippen molar-refractivity contribution in [1.82, 2.24) is 4.98 Å². The summed E-state index contributed by atoms with van der Waals surface area (Å²) in [6.45, 7) is 6.56. The highest BCUT2D eigenvalue weighted by Crippen LogP contribution is 2.28. The van der Waals surface area contributed by atoms with Gasteiger partial charge in [0.2, 0.25) is 0 Å². The van der Waals surface area contributed by atoms with Gasteiger partial charge in [-0.3, -0.25) is 0 Å². The molecule has 2 heterocycles. The van der Waals surface area contributed by atoms with Crippen LogP contribution in [0.2, 0.25) is 0 Å². The lowest BCUT2D eigenvalue weighted by molar-refractivity contribution is -0.101. The van der Waals surface area contributed by atoms with Crippen molar-refractivity contribution >= 4 is 11.6 Å². The van der Waals surface area contributed by atoms with Crippen LogP contribution in [0.25, 0.3) is 0 Å². The lowest BCUT2D eigenvalue weighted by atomic mass is 10.1. The molecule has 118 valence electrons. The maximum Gasteiger partial charge on any atom is 0.168 e.